The van der Waals surface area contributed by atoms with Crippen LogP contribution in [0.2, 0.25) is 0 Å². The van der Waals surface area contributed by atoms with Crippen molar-refractivity contribution in [2.24, 2.45) is 23.7 Å². The molecule has 1 aromatic heterocycles. The van der Waals surface area contributed by atoms with Crippen molar-refractivity contribution < 1.29 is 19.4 Å². The smallest absolute Gasteiger partial charge is 0.315 e. The lowest BCUT2D eigenvalue weighted by Crippen LogP contribution is -2.61. The Hall–Kier alpha value is -3.28. The zero-order valence-corrected chi connectivity index (χ0v) is 30.3. The minimum absolute atomic E-state index is 0.00802. The Morgan fingerprint density at radius 2 is 1.60 bits per heavy atom. The van der Waals surface area contributed by atoms with Crippen molar-refractivity contribution in [1.29, 1.82) is 0 Å². The number of nitrogens with zero attached hydrogens (tertiary/aromatic N) is 2. The lowest BCUT2D eigenvalue weighted by molar-refractivity contribution is -0.268. The minimum Gasteiger partial charge on any atom is -0.392 e. The number of benzene rings is 3. The maximum absolute atomic E-state index is 13.2. The molecule has 0 unspecified atom stereocenters. The Balaban J connectivity index is 0.961. The van der Waals surface area contributed by atoms with E-state index in [-0.39, 0.29) is 36.3 Å². The van der Waals surface area contributed by atoms with Gasteiger partial charge in [0.05, 0.1) is 18.8 Å². The number of aryl methyl sites for hydroxylation is 1. The number of urea groups is 1. The third-order valence-corrected chi connectivity index (χ3v) is 13.4. The van der Waals surface area contributed by atoms with Crippen LogP contribution in [0, 0.1) is 30.6 Å². The van der Waals surface area contributed by atoms with Crippen molar-refractivity contribution in [3.63, 3.8) is 0 Å². The molecule has 2 heterocycles. The number of rotatable bonds is 10. The van der Waals surface area contributed by atoms with E-state index in [9.17, 15) is 9.90 Å². The van der Waals surface area contributed by atoms with Crippen LogP contribution in [-0.2, 0) is 22.6 Å². The summed E-state index contributed by atoms with van der Waals surface area (Å²) in [4.78, 5) is 13.2. The quantitative estimate of drug-likeness (QED) is 0.142. The molecule has 10 heteroatoms. The molecule has 262 valence electrons. The number of aliphatic hydroxyl groups is 1. The van der Waals surface area contributed by atoms with E-state index in [1.807, 2.05) is 43.3 Å². The second-order valence-corrected chi connectivity index (χ2v) is 17.5. The summed E-state index contributed by atoms with van der Waals surface area (Å²) < 4.78 is 14.3. The van der Waals surface area contributed by atoms with E-state index in [1.165, 1.54) is 19.3 Å². The zero-order valence-electron chi connectivity index (χ0n) is 28.7. The van der Waals surface area contributed by atoms with Crippen molar-refractivity contribution >= 4 is 29.1 Å². The van der Waals surface area contributed by atoms with Gasteiger partial charge in [-0.05, 0) is 91.0 Å². The van der Waals surface area contributed by atoms with Crippen LogP contribution in [0.4, 0.5) is 4.79 Å². The van der Waals surface area contributed by atoms with Gasteiger partial charge in [0.25, 0.3) is 0 Å². The van der Waals surface area contributed by atoms with Crippen LogP contribution in [0.5, 0.6) is 0 Å². The lowest BCUT2D eigenvalue weighted by Gasteiger charge is -2.56. The number of ether oxygens (including phenoxy) is 2. The predicted octanol–water partition coefficient (Wildman–Crippen LogP) is 8.36. The summed E-state index contributed by atoms with van der Waals surface area (Å²) in [7, 11) is 0. The number of aliphatic hydroxyl groups excluding tert-OH is 1. The predicted molar refractivity (Wildman–Crippen MR) is 196 cm³/mol. The average molecular weight is 711 g/mol. The third kappa shape index (κ3) is 7.23. The molecule has 8 nitrogen and oxygen atoms in total. The second kappa shape index (κ2) is 14.4. The number of aromatic nitrogens is 2. The van der Waals surface area contributed by atoms with Gasteiger partial charge in [-0.3, -0.25) is 0 Å². The third-order valence-electron chi connectivity index (χ3n) is 11.4. The number of thioether (sulfide) groups is 1. The number of carbonyl (C=O) groups is 1. The fraction of sp³-hybridized carbons (Fsp3) is 0.475. The van der Waals surface area contributed by atoms with E-state index in [0.717, 1.165) is 85.5 Å². The van der Waals surface area contributed by atoms with Gasteiger partial charge in [0.2, 0.25) is 0 Å². The summed E-state index contributed by atoms with van der Waals surface area (Å²) in [5.41, 5.74) is 6.13. The molecule has 5 fully saturated rings. The van der Waals surface area contributed by atoms with E-state index >= 15 is 0 Å². The molecule has 4 atom stereocenters. The first-order valence-electron chi connectivity index (χ1n) is 18.0. The van der Waals surface area contributed by atoms with Crippen molar-refractivity contribution in [3.05, 3.63) is 100 Å². The largest absolute Gasteiger partial charge is 0.392 e. The highest BCUT2D eigenvalue weighted by Crippen LogP contribution is 2.55. The first-order chi connectivity index (χ1) is 24.3. The minimum atomic E-state index is -0.547. The van der Waals surface area contributed by atoms with Crippen LogP contribution in [0.25, 0.3) is 11.1 Å². The van der Waals surface area contributed by atoms with Gasteiger partial charge in [0.15, 0.2) is 10.6 Å². The monoisotopic (exact) mass is 710 g/mol. The summed E-state index contributed by atoms with van der Waals surface area (Å²) in [6.07, 6.45) is 6.69. The van der Waals surface area contributed by atoms with Crippen LogP contribution in [0.15, 0.2) is 77.1 Å². The van der Waals surface area contributed by atoms with Gasteiger partial charge in [-0.25, -0.2) is 4.79 Å². The summed E-state index contributed by atoms with van der Waals surface area (Å²) >= 11 is 3.27. The molecule has 3 N–H and O–H groups in total. The standard InChI is InChI=1S/C40H46N4O4S2/c1-24-35(23-49-39-44-43-25(2)50-39)47-37(48-36(24)31-9-7-26(22-45)8-10-31)32-13-11-30(12-14-32)34-6-4-3-5-33(34)21-41-38(46)42-40-18-27-15-28(19-40)17-29(16-27)20-40/h3-14,24,27-29,35-37,45H,15-23H2,1-2H3,(H2,41,42,46)/t24-,27?,28?,29?,35+,36+,37+,40?/m1/s1. The molecule has 4 bridgehead atoms. The highest BCUT2D eigenvalue weighted by Gasteiger charge is 2.51. The Bertz CT molecular complexity index is 1760. The zero-order chi connectivity index (χ0) is 34.2. The van der Waals surface area contributed by atoms with Crippen LogP contribution >= 0.6 is 23.1 Å². The van der Waals surface area contributed by atoms with Gasteiger partial charge in [-0.1, -0.05) is 103 Å². The van der Waals surface area contributed by atoms with E-state index in [4.69, 9.17) is 9.47 Å². The fourth-order valence-corrected chi connectivity index (χ4v) is 11.3. The highest BCUT2D eigenvalue weighted by molar-refractivity contribution is 8.01. The van der Waals surface area contributed by atoms with Gasteiger partial charge >= 0.3 is 6.03 Å². The van der Waals surface area contributed by atoms with Gasteiger partial charge in [0, 0.05) is 29.3 Å². The van der Waals surface area contributed by atoms with Crippen molar-refractivity contribution in [2.75, 3.05) is 5.75 Å². The maximum Gasteiger partial charge on any atom is 0.315 e. The van der Waals surface area contributed by atoms with Crippen molar-refractivity contribution in [2.45, 2.75) is 93.9 Å². The Morgan fingerprint density at radius 1 is 0.920 bits per heavy atom. The molecule has 3 aromatic carbocycles. The summed E-state index contributed by atoms with van der Waals surface area (Å²) in [6, 6.07) is 24.7. The molecular formula is C40H46N4O4S2. The van der Waals surface area contributed by atoms with E-state index in [0.29, 0.717) is 6.54 Å². The number of hydrogen-bond acceptors (Lipinski definition) is 8. The molecule has 50 heavy (non-hydrogen) atoms. The van der Waals surface area contributed by atoms with Gasteiger partial charge in [-0.2, -0.15) is 0 Å². The van der Waals surface area contributed by atoms with Gasteiger partial charge in [-0.15, -0.1) is 10.2 Å². The van der Waals surface area contributed by atoms with Gasteiger partial charge < -0.3 is 25.2 Å². The summed E-state index contributed by atoms with van der Waals surface area (Å²) in [5.74, 6) is 3.19. The maximum atomic E-state index is 13.2. The van der Waals surface area contributed by atoms with Crippen LogP contribution in [0.1, 0.15) is 85.1 Å². The molecule has 1 aliphatic heterocycles. The molecular weight excluding hydrogens is 665 g/mol. The number of amides is 2. The van der Waals surface area contributed by atoms with E-state index in [1.54, 1.807) is 23.1 Å². The lowest BCUT2D eigenvalue weighted by atomic mass is 9.53. The van der Waals surface area contributed by atoms with Gasteiger partial charge in [0.1, 0.15) is 5.01 Å². The van der Waals surface area contributed by atoms with Crippen LogP contribution in [0.3, 0.4) is 0 Å². The second-order valence-electron chi connectivity index (χ2n) is 15.0. The van der Waals surface area contributed by atoms with E-state index < -0.39 is 6.29 Å². The molecule has 1 saturated heterocycles. The molecule has 2 amide bonds. The SMILES string of the molecule is Cc1nnc(SC[C@@H]2O[C@H](c3ccc(-c4ccccc4CNC(=O)NC45CC6CC(CC(C6)C4)C5)cc3)O[C@H](c3ccc(CO)cc3)[C@@H]2C)s1. The average Bonchev–Trinajstić information content (AvgIpc) is 3.54. The summed E-state index contributed by atoms with van der Waals surface area (Å²) in [5, 5.41) is 25.7. The molecule has 4 aliphatic carbocycles. The summed E-state index contributed by atoms with van der Waals surface area (Å²) in [6.45, 7) is 4.62. The van der Waals surface area contributed by atoms with Crippen molar-refractivity contribution in [3.8, 4) is 11.1 Å². The highest BCUT2D eigenvalue weighted by atomic mass is 32.2. The first kappa shape index (κ1) is 33.8. The Morgan fingerprint density at radius 3 is 2.26 bits per heavy atom. The molecule has 0 radical (unpaired) electrons. The number of hydrogen-bond donors (Lipinski definition) is 3. The molecule has 0 spiro atoms. The number of carbonyl (C=O) groups excluding carboxylic acids is 1. The normalized spacial score (nSPS) is 29.9. The van der Waals surface area contributed by atoms with Crippen LogP contribution in [-0.4, -0.2) is 38.7 Å². The molecule has 5 aliphatic rings. The molecule has 4 aromatic rings. The molecule has 9 rings (SSSR count). The number of nitrogens with one attached hydrogen (secondary N) is 2. The molecule has 4 saturated carbocycles. The van der Waals surface area contributed by atoms with E-state index in [2.05, 4.69) is 64.2 Å². The Labute approximate surface area is 302 Å². The van der Waals surface area contributed by atoms with Crippen molar-refractivity contribution in [1.82, 2.24) is 20.8 Å². The Kier molecular flexibility index (Phi) is 9.74. The first-order valence-corrected chi connectivity index (χ1v) is 19.8. The van der Waals surface area contributed by atoms with Crippen LogP contribution < -0.4 is 10.6 Å². The topological polar surface area (TPSA) is 106 Å². The fourth-order valence-electron chi connectivity index (χ4n) is 9.30.